The van der Waals surface area contributed by atoms with E-state index in [9.17, 15) is 54.0 Å². The van der Waals surface area contributed by atoms with Crippen molar-refractivity contribution in [3.05, 3.63) is 59.7 Å². The summed E-state index contributed by atoms with van der Waals surface area (Å²) in [5.41, 5.74) is 1.07. The Morgan fingerprint density at radius 3 is 1.98 bits per heavy atom. The SMILES string of the molecule is C#CCOCCOCCOCCOCCCC(=O)CCC(=O)Nc1ccc(O[C@@H]2OC(C)[C@@H](O)C(O)[C@@H]2O)c(COC(=O)N(C)[C@H](C(=O)C[C@H](C(=O)N(C)[C@@H]([C@@H](C)CC)[C@@H](CC(=O)N2CCC[C@H]2[C@H](OC)[C@@H](C)C(=O)N[C@H](C)[C@@H](O)c2ccccc2)OC)C(C)C)C(C)C)c1.O=C=O. The molecule has 2 aromatic rings. The number of rotatable bonds is 43. The lowest BCUT2D eigenvalue weighted by atomic mass is 9.83. The summed E-state index contributed by atoms with van der Waals surface area (Å²) in [5.74, 6) is -2.11. The molecule has 2 aliphatic heterocycles. The fraction of sp³-hybridized carbons (Fsp3) is 0.690. The lowest BCUT2D eigenvalue weighted by molar-refractivity contribution is -0.268. The Morgan fingerprint density at radius 1 is 0.776 bits per heavy atom. The molecular weight excluding hydrogens is 1270 g/mol. The van der Waals surface area contributed by atoms with Crippen LogP contribution in [-0.4, -0.2) is 237 Å². The number of nitrogens with one attached hydrogen (secondary N) is 2. The third-order valence-electron chi connectivity index (χ3n) is 17.9. The molecule has 0 radical (unpaired) electrons. The van der Waals surface area contributed by atoms with Gasteiger partial charge in [0.2, 0.25) is 29.9 Å². The van der Waals surface area contributed by atoms with E-state index in [0.29, 0.717) is 84.0 Å². The fourth-order valence-corrected chi connectivity index (χ4v) is 12.2. The van der Waals surface area contributed by atoms with Crippen molar-refractivity contribution in [3.8, 4) is 18.1 Å². The normalized spacial score (nSPS) is 20.3. The zero-order valence-electron chi connectivity index (χ0n) is 59.4. The Morgan fingerprint density at radius 2 is 1.40 bits per heavy atom. The van der Waals surface area contributed by atoms with Crippen molar-refractivity contribution in [1.29, 1.82) is 0 Å². The monoisotopic (exact) mass is 1380 g/mol. The van der Waals surface area contributed by atoms with Crippen molar-refractivity contribution in [1.82, 2.24) is 20.0 Å². The number of Topliss-reactive ketones (excluding diaryl/α,β-unsaturated/α-hetero) is 2. The number of likely N-dealkylation sites (tertiary alicyclic amines) is 1. The van der Waals surface area contributed by atoms with Gasteiger partial charge >= 0.3 is 12.2 Å². The van der Waals surface area contributed by atoms with Crippen LogP contribution in [0.1, 0.15) is 137 Å². The molecule has 98 heavy (non-hydrogen) atoms. The zero-order chi connectivity index (χ0) is 73.2. The highest BCUT2D eigenvalue weighted by molar-refractivity contribution is 5.94. The Kier molecular flexibility index (Phi) is 39.3. The van der Waals surface area contributed by atoms with Crippen LogP contribution in [0.4, 0.5) is 10.5 Å². The van der Waals surface area contributed by atoms with E-state index in [-0.39, 0.29) is 97.2 Å². The number of aliphatic hydroxyl groups is 4. The van der Waals surface area contributed by atoms with Gasteiger partial charge in [-0.2, -0.15) is 9.59 Å². The van der Waals surface area contributed by atoms with Gasteiger partial charge < -0.3 is 88.4 Å². The van der Waals surface area contributed by atoms with Crippen LogP contribution in [0.15, 0.2) is 48.5 Å². The van der Waals surface area contributed by atoms with Crippen LogP contribution >= 0.6 is 0 Å². The molecule has 2 saturated heterocycles. The Hall–Kier alpha value is -6.77. The number of hydrogen-bond acceptors (Lipinski definition) is 22. The van der Waals surface area contributed by atoms with Gasteiger partial charge in [0.1, 0.15) is 43.1 Å². The predicted molar refractivity (Wildman–Crippen MR) is 358 cm³/mol. The molecule has 0 bridgehead atoms. The van der Waals surface area contributed by atoms with Gasteiger partial charge in [-0.25, -0.2) is 4.79 Å². The van der Waals surface area contributed by atoms with Gasteiger partial charge in [-0.1, -0.05) is 91.1 Å². The molecule has 15 atom stereocenters. The third-order valence-corrected chi connectivity index (χ3v) is 17.9. The van der Waals surface area contributed by atoms with Crippen molar-refractivity contribution in [2.45, 2.75) is 200 Å². The summed E-state index contributed by atoms with van der Waals surface area (Å²) in [7, 11) is 6.09. The van der Waals surface area contributed by atoms with Crippen LogP contribution in [-0.2, 0) is 82.9 Å². The second kappa shape index (κ2) is 45.1. The first-order valence-electron chi connectivity index (χ1n) is 33.8. The maximum absolute atomic E-state index is 15.0. The van der Waals surface area contributed by atoms with Gasteiger partial charge in [-0.3, -0.25) is 28.8 Å². The van der Waals surface area contributed by atoms with Crippen LogP contribution in [0.25, 0.3) is 0 Å². The van der Waals surface area contributed by atoms with E-state index in [0.717, 1.165) is 4.90 Å². The number of amides is 5. The number of carbonyl (C=O) groups excluding carboxylic acids is 9. The minimum atomic E-state index is -1.70. The van der Waals surface area contributed by atoms with Crippen molar-refractivity contribution in [3.63, 3.8) is 0 Å². The number of aliphatic hydroxyl groups excluding tert-OH is 4. The van der Waals surface area contributed by atoms with Crippen LogP contribution in [0.5, 0.6) is 5.75 Å². The minimum absolute atomic E-state index is 0.0168. The second-order valence-corrected chi connectivity index (χ2v) is 25.6. The van der Waals surface area contributed by atoms with Crippen molar-refractivity contribution < 1.29 is 106 Å². The Balaban J connectivity index is 0.00000817. The number of nitrogens with zero attached hydrogens (tertiary/aromatic N) is 3. The molecule has 2 aliphatic rings. The quantitative estimate of drug-likeness (QED) is 0.0373. The number of ketones is 2. The number of hydrogen-bond donors (Lipinski definition) is 6. The summed E-state index contributed by atoms with van der Waals surface area (Å²) in [4.78, 5) is 119. The maximum Gasteiger partial charge on any atom is 0.410 e. The van der Waals surface area contributed by atoms with Gasteiger partial charge in [0, 0.05) is 84.3 Å². The van der Waals surface area contributed by atoms with E-state index in [1.54, 1.807) is 56.7 Å². The molecule has 0 saturated carbocycles. The summed E-state index contributed by atoms with van der Waals surface area (Å²) in [6, 6.07) is 10.7. The highest BCUT2D eigenvalue weighted by Gasteiger charge is 2.46. The average Bonchev–Trinajstić information content (AvgIpc) is 1.27. The summed E-state index contributed by atoms with van der Waals surface area (Å²) < 4.78 is 51.2. The molecule has 4 rings (SSSR count). The van der Waals surface area contributed by atoms with Gasteiger partial charge in [0.05, 0.1) is 101 Å². The van der Waals surface area contributed by atoms with E-state index >= 15 is 0 Å². The first-order chi connectivity index (χ1) is 46.6. The van der Waals surface area contributed by atoms with E-state index in [4.69, 9.17) is 58.6 Å². The molecule has 2 aromatic carbocycles. The van der Waals surface area contributed by atoms with Crippen molar-refractivity contribution in [2.75, 3.05) is 93.0 Å². The predicted octanol–water partition coefficient (Wildman–Crippen LogP) is 5.06. The number of anilines is 1. The number of benzene rings is 2. The Bertz CT molecular complexity index is 2840. The number of likely N-dealkylation sites (N-methyl/N-ethyl adjacent to an activating group) is 2. The number of methoxy groups -OCH3 is 2. The van der Waals surface area contributed by atoms with E-state index in [1.165, 1.54) is 46.4 Å². The largest absolute Gasteiger partial charge is 0.462 e. The van der Waals surface area contributed by atoms with Gasteiger partial charge in [0.15, 0.2) is 5.78 Å². The van der Waals surface area contributed by atoms with Gasteiger partial charge in [0.25, 0.3) is 0 Å². The molecule has 0 aliphatic carbocycles. The number of ether oxygens (including phenoxy) is 9. The van der Waals surface area contributed by atoms with Crippen LogP contribution in [0, 0.1) is 41.9 Å². The number of terminal acetylenes is 1. The topological polar surface area (TPSA) is 351 Å². The molecule has 27 heteroatoms. The molecule has 5 amide bonds. The summed E-state index contributed by atoms with van der Waals surface area (Å²) >= 11 is 0. The highest BCUT2D eigenvalue weighted by Crippen LogP contribution is 2.34. The first kappa shape index (κ1) is 85.5. The van der Waals surface area contributed by atoms with E-state index < -0.39 is 115 Å². The van der Waals surface area contributed by atoms with Crippen LogP contribution in [0.2, 0.25) is 0 Å². The smallest absolute Gasteiger partial charge is 0.410 e. The van der Waals surface area contributed by atoms with Crippen molar-refractivity contribution in [2.24, 2.45) is 29.6 Å². The van der Waals surface area contributed by atoms with Gasteiger partial charge in [-0.05, 0) is 74.6 Å². The first-order valence-corrected chi connectivity index (χ1v) is 33.8. The lowest BCUT2D eigenvalue weighted by Crippen LogP contribution is -2.58. The highest BCUT2D eigenvalue weighted by atomic mass is 16.7. The second-order valence-electron chi connectivity index (χ2n) is 25.6. The summed E-state index contributed by atoms with van der Waals surface area (Å²) in [6.45, 7) is 18.9. The molecule has 0 spiro atoms. The Labute approximate surface area is 577 Å². The molecular formula is C71H109N5O22. The molecule has 0 aromatic heterocycles. The summed E-state index contributed by atoms with van der Waals surface area (Å²) in [6.07, 6.45) is -3.11. The standard InChI is InChI=1S/C70H109N5O20.CO2/c1-15-31-89-33-35-91-37-38-92-36-34-90-32-21-24-52(76)27-29-58(78)72-51-26-28-56(95-69-65(83)64(82)63(81)48(10)94-69)50(39-51)42-93-70(86)74(12)60(44(5)6)55(77)40-53(43(3)4)68(85)73(11)61(45(7)16-2)57(87-13)41-59(79)75-30-20-25-54(75)66(88-14)46(8)67(84)71-47(9)62(80)49-22-18-17-19-23-49;2-1-3/h1,17-19,22-23,26,28,39,43-48,53-54,57,60-66,69,80-83H,16,20-21,24-25,27,29-38,40-42H2,2-14H3,(H,71,84)(H,72,78);/t45-,46+,47+,48?,53-,54-,57+,60-,61-,62+,63+,64?,65-,66+,69-;/m0./s1. The number of carbonyl (C=O) groups is 7. The van der Waals surface area contributed by atoms with Crippen LogP contribution in [0.3, 0.4) is 0 Å². The van der Waals surface area contributed by atoms with E-state index in [2.05, 4.69) is 16.6 Å². The van der Waals surface area contributed by atoms with Crippen LogP contribution < -0.4 is 15.4 Å². The molecule has 2 unspecified atom stereocenters. The van der Waals surface area contributed by atoms with Crippen molar-refractivity contribution >= 4 is 53.1 Å². The molecule has 6 N–H and O–H groups in total. The molecule has 2 fully saturated rings. The third kappa shape index (κ3) is 27.1. The molecule has 2 heterocycles. The maximum atomic E-state index is 15.0. The summed E-state index contributed by atoms with van der Waals surface area (Å²) in [5, 5.41) is 48.5. The van der Waals surface area contributed by atoms with Gasteiger partial charge in [-0.15, -0.1) is 6.42 Å². The zero-order valence-corrected chi connectivity index (χ0v) is 59.4. The fourth-order valence-electron chi connectivity index (χ4n) is 12.2. The average molecular weight is 1380 g/mol. The lowest BCUT2D eigenvalue weighted by Gasteiger charge is -2.41. The van der Waals surface area contributed by atoms with E-state index in [1.807, 2.05) is 45.9 Å². The molecule has 550 valence electrons. The minimum Gasteiger partial charge on any atom is -0.462 e. The molecule has 27 nitrogen and oxygen atoms in total.